The van der Waals surface area contributed by atoms with Crippen LogP contribution >= 0.6 is 23.2 Å². The quantitative estimate of drug-likeness (QED) is 0.790. The van der Waals surface area contributed by atoms with Gasteiger partial charge in [-0.05, 0) is 55.2 Å². The molecule has 136 valence electrons. The van der Waals surface area contributed by atoms with Gasteiger partial charge in [0.15, 0.2) is 0 Å². The number of likely N-dealkylation sites (tertiary alicyclic amines) is 1. The summed E-state index contributed by atoms with van der Waals surface area (Å²) in [5.41, 5.74) is 1.40. The van der Waals surface area contributed by atoms with Crippen LogP contribution in [0.15, 0.2) is 42.5 Å². The highest BCUT2D eigenvalue weighted by Gasteiger charge is 2.21. The van der Waals surface area contributed by atoms with Crippen LogP contribution in [-0.4, -0.2) is 29.8 Å². The van der Waals surface area contributed by atoms with E-state index in [2.05, 4.69) is 12.2 Å². The highest BCUT2D eigenvalue weighted by atomic mass is 35.5. The van der Waals surface area contributed by atoms with E-state index in [0.717, 1.165) is 25.9 Å². The van der Waals surface area contributed by atoms with Crippen molar-refractivity contribution in [2.45, 2.75) is 19.8 Å². The number of nitrogens with zero attached hydrogens (tertiary/aromatic N) is 1. The fraction of sp³-hybridized carbons (Fsp3) is 0.300. The minimum Gasteiger partial charge on any atom is -0.339 e. The second-order valence-electron chi connectivity index (χ2n) is 6.60. The standard InChI is InChI=1S/C20H20Cl2N2O2/c1-13-9-11-24(12-10-13)20(26)15-7-5-14(6-8-15)19(25)23-18-16(21)3-2-4-17(18)22/h2-8,13H,9-12H2,1H3,(H,23,25). The number of piperidine rings is 1. The Morgan fingerprint density at radius 2 is 1.50 bits per heavy atom. The number of hydrogen-bond donors (Lipinski definition) is 1. The van der Waals surface area contributed by atoms with E-state index in [1.807, 2.05) is 4.90 Å². The molecule has 1 saturated heterocycles. The van der Waals surface area contributed by atoms with E-state index in [1.165, 1.54) is 0 Å². The molecule has 3 rings (SSSR count). The summed E-state index contributed by atoms with van der Waals surface area (Å²) in [6.07, 6.45) is 2.07. The van der Waals surface area contributed by atoms with Gasteiger partial charge in [-0.2, -0.15) is 0 Å². The van der Waals surface area contributed by atoms with E-state index < -0.39 is 0 Å². The van der Waals surface area contributed by atoms with Crippen molar-refractivity contribution in [1.82, 2.24) is 4.90 Å². The number of nitrogens with one attached hydrogen (secondary N) is 1. The highest BCUT2D eigenvalue weighted by molar-refractivity contribution is 6.40. The van der Waals surface area contributed by atoms with Crippen LogP contribution in [0.5, 0.6) is 0 Å². The first-order valence-electron chi connectivity index (χ1n) is 8.60. The monoisotopic (exact) mass is 390 g/mol. The Hall–Kier alpha value is -2.04. The first-order valence-corrected chi connectivity index (χ1v) is 9.36. The zero-order valence-electron chi connectivity index (χ0n) is 14.5. The Morgan fingerprint density at radius 1 is 0.962 bits per heavy atom. The minimum absolute atomic E-state index is 0.0120. The maximum Gasteiger partial charge on any atom is 0.255 e. The second kappa shape index (κ2) is 8.11. The number of carbonyl (C=O) groups is 2. The van der Waals surface area contributed by atoms with Crippen molar-refractivity contribution in [3.05, 3.63) is 63.6 Å². The zero-order chi connectivity index (χ0) is 18.7. The van der Waals surface area contributed by atoms with Crippen molar-refractivity contribution in [2.75, 3.05) is 18.4 Å². The van der Waals surface area contributed by atoms with Gasteiger partial charge in [0.2, 0.25) is 0 Å². The van der Waals surface area contributed by atoms with Crippen molar-refractivity contribution in [3.8, 4) is 0 Å². The minimum atomic E-state index is -0.328. The van der Waals surface area contributed by atoms with Crippen molar-refractivity contribution >= 4 is 40.7 Å². The molecule has 0 atom stereocenters. The van der Waals surface area contributed by atoms with Gasteiger partial charge in [-0.3, -0.25) is 9.59 Å². The summed E-state index contributed by atoms with van der Waals surface area (Å²) in [4.78, 5) is 26.8. The molecule has 2 aromatic rings. The first kappa shape index (κ1) is 18.7. The molecule has 1 aliphatic heterocycles. The molecule has 0 spiro atoms. The van der Waals surface area contributed by atoms with E-state index in [-0.39, 0.29) is 11.8 Å². The molecule has 2 amide bonds. The molecule has 1 heterocycles. The maximum absolute atomic E-state index is 12.6. The molecule has 0 bridgehead atoms. The van der Waals surface area contributed by atoms with Crippen LogP contribution in [-0.2, 0) is 0 Å². The van der Waals surface area contributed by atoms with Crippen LogP contribution in [0.2, 0.25) is 10.0 Å². The first-order chi connectivity index (χ1) is 12.5. The number of amides is 2. The third-order valence-corrected chi connectivity index (χ3v) is 5.30. The Kier molecular flexibility index (Phi) is 5.84. The van der Waals surface area contributed by atoms with E-state index in [9.17, 15) is 9.59 Å². The van der Waals surface area contributed by atoms with Gasteiger partial charge in [0, 0.05) is 24.2 Å². The van der Waals surface area contributed by atoms with Gasteiger partial charge in [-0.15, -0.1) is 0 Å². The second-order valence-corrected chi connectivity index (χ2v) is 7.42. The third kappa shape index (κ3) is 4.19. The summed E-state index contributed by atoms with van der Waals surface area (Å²) >= 11 is 12.1. The van der Waals surface area contributed by atoms with Gasteiger partial charge in [-0.25, -0.2) is 0 Å². The van der Waals surface area contributed by atoms with Crippen molar-refractivity contribution in [3.63, 3.8) is 0 Å². The fourth-order valence-electron chi connectivity index (χ4n) is 2.96. The largest absolute Gasteiger partial charge is 0.339 e. The van der Waals surface area contributed by atoms with Crippen LogP contribution < -0.4 is 5.32 Å². The lowest BCUT2D eigenvalue weighted by Crippen LogP contribution is -2.37. The van der Waals surface area contributed by atoms with Crippen LogP contribution in [0.1, 0.15) is 40.5 Å². The molecule has 4 nitrogen and oxygen atoms in total. The number of para-hydroxylation sites is 1. The fourth-order valence-corrected chi connectivity index (χ4v) is 3.45. The molecule has 0 unspecified atom stereocenters. The van der Waals surface area contributed by atoms with E-state index in [1.54, 1.807) is 42.5 Å². The highest BCUT2D eigenvalue weighted by Crippen LogP contribution is 2.30. The summed E-state index contributed by atoms with van der Waals surface area (Å²) in [5.74, 6) is 0.352. The van der Waals surface area contributed by atoms with Gasteiger partial charge < -0.3 is 10.2 Å². The van der Waals surface area contributed by atoms with E-state index in [0.29, 0.717) is 32.8 Å². The summed E-state index contributed by atoms with van der Waals surface area (Å²) in [7, 11) is 0. The number of hydrogen-bond acceptors (Lipinski definition) is 2. The molecular weight excluding hydrogens is 371 g/mol. The lowest BCUT2D eigenvalue weighted by atomic mass is 9.98. The average molecular weight is 391 g/mol. The van der Waals surface area contributed by atoms with Crippen LogP contribution in [0.4, 0.5) is 5.69 Å². The Bertz CT molecular complexity index is 793. The molecule has 0 aromatic heterocycles. The van der Waals surface area contributed by atoms with Gasteiger partial charge in [0.1, 0.15) is 0 Å². The average Bonchev–Trinajstić information content (AvgIpc) is 2.65. The van der Waals surface area contributed by atoms with Gasteiger partial charge in [0.05, 0.1) is 15.7 Å². The van der Waals surface area contributed by atoms with Gasteiger partial charge in [-0.1, -0.05) is 36.2 Å². The lowest BCUT2D eigenvalue weighted by molar-refractivity contribution is 0.0697. The predicted octanol–water partition coefficient (Wildman–Crippen LogP) is 5.12. The number of rotatable bonds is 3. The molecule has 0 saturated carbocycles. The molecule has 26 heavy (non-hydrogen) atoms. The van der Waals surface area contributed by atoms with E-state index >= 15 is 0 Å². The molecular formula is C20H20Cl2N2O2. The number of halogens is 2. The van der Waals surface area contributed by atoms with E-state index in [4.69, 9.17) is 23.2 Å². The summed E-state index contributed by atoms with van der Waals surface area (Å²) in [6, 6.07) is 11.7. The third-order valence-electron chi connectivity index (χ3n) is 4.67. The Labute approximate surface area is 163 Å². The molecule has 1 N–H and O–H groups in total. The number of carbonyl (C=O) groups excluding carboxylic acids is 2. The SMILES string of the molecule is CC1CCN(C(=O)c2ccc(C(=O)Nc3c(Cl)cccc3Cl)cc2)CC1. The lowest BCUT2D eigenvalue weighted by Gasteiger charge is -2.30. The van der Waals surface area contributed by atoms with Gasteiger partial charge >= 0.3 is 0 Å². The molecule has 0 aliphatic carbocycles. The predicted molar refractivity (Wildman–Crippen MR) is 105 cm³/mol. The number of benzene rings is 2. The van der Waals surface area contributed by atoms with Crippen molar-refractivity contribution < 1.29 is 9.59 Å². The number of anilines is 1. The Balaban J connectivity index is 1.69. The normalized spacial score (nSPS) is 15.0. The topological polar surface area (TPSA) is 49.4 Å². The van der Waals surface area contributed by atoms with Crippen molar-refractivity contribution in [1.29, 1.82) is 0 Å². The summed E-state index contributed by atoms with van der Waals surface area (Å²) < 4.78 is 0. The van der Waals surface area contributed by atoms with Gasteiger partial charge in [0.25, 0.3) is 11.8 Å². The molecule has 6 heteroatoms. The van der Waals surface area contributed by atoms with Crippen LogP contribution in [0.3, 0.4) is 0 Å². The molecule has 2 aromatic carbocycles. The summed E-state index contributed by atoms with van der Waals surface area (Å²) in [5, 5.41) is 3.46. The molecule has 0 radical (unpaired) electrons. The zero-order valence-corrected chi connectivity index (χ0v) is 16.0. The smallest absolute Gasteiger partial charge is 0.255 e. The summed E-state index contributed by atoms with van der Waals surface area (Å²) in [6.45, 7) is 3.78. The maximum atomic E-state index is 12.6. The molecule has 1 fully saturated rings. The van der Waals surface area contributed by atoms with Crippen LogP contribution in [0, 0.1) is 5.92 Å². The van der Waals surface area contributed by atoms with Crippen molar-refractivity contribution in [2.24, 2.45) is 5.92 Å². The van der Waals surface area contributed by atoms with Crippen LogP contribution in [0.25, 0.3) is 0 Å². The Morgan fingerprint density at radius 3 is 2.08 bits per heavy atom. The molecule has 1 aliphatic rings.